The predicted octanol–water partition coefficient (Wildman–Crippen LogP) is 3.41. The highest BCUT2D eigenvalue weighted by Crippen LogP contribution is 2.37. The summed E-state index contributed by atoms with van der Waals surface area (Å²) in [6.45, 7) is 4.20. The van der Waals surface area contributed by atoms with E-state index in [9.17, 15) is 14.0 Å². The maximum absolute atomic E-state index is 13.2. The van der Waals surface area contributed by atoms with Crippen molar-refractivity contribution < 1.29 is 14.0 Å². The topological polar surface area (TPSA) is 78.7 Å². The molecular weight excluding hydrogens is 415 g/mol. The summed E-state index contributed by atoms with van der Waals surface area (Å²) in [6, 6.07) is 6.61. The number of hydrogen-bond acceptors (Lipinski definition) is 5. The van der Waals surface area contributed by atoms with Crippen molar-refractivity contribution in [3.8, 4) is 0 Å². The maximum atomic E-state index is 13.2. The first-order chi connectivity index (χ1) is 15.0. The number of halogens is 1. The van der Waals surface area contributed by atoms with Crippen LogP contribution in [0, 0.1) is 5.82 Å². The Morgan fingerprint density at radius 2 is 1.81 bits per heavy atom. The number of amides is 2. The molecule has 0 unspecified atom stereocenters. The van der Waals surface area contributed by atoms with Gasteiger partial charge in [0.05, 0.1) is 5.56 Å². The molecule has 1 aliphatic heterocycles. The minimum absolute atomic E-state index is 0.0827. The smallest absolute Gasteiger partial charge is 0.251 e. The Hall–Kier alpha value is -2.45. The molecule has 1 fully saturated rings. The normalized spacial score (nSPS) is 17.1. The lowest BCUT2D eigenvalue weighted by molar-refractivity contribution is -0.116. The number of hydrogen-bond donors (Lipinski definition) is 2. The molecule has 0 spiro atoms. The van der Waals surface area contributed by atoms with Gasteiger partial charge in [-0.2, -0.15) is 0 Å². The van der Waals surface area contributed by atoms with E-state index in [-0.39, 0.29) is 11.7 Å². The average Bonchev–Trinajstić information content (AvgIpc) is 2.95. The number of nitrogens with one attached hydrogen (secondary N) is 1. The van der Waals surface area contributed by atoms with E-state index < -0.39 is 5.91 Å². The van der Waals surface area contributed by atoms with Gasteiger partial charge in [-0.25, -0.2) is 4.39 Å². The molecule has 166 valence electrons. The van der Waals surface area contributed by atoms with Gasteiger partial charge in [-0.3, -0.25) is 9.59 Å². The van der Waals surface area contributed by atoms with Crippen LogP contribution in [0.4, 0.5) is 15.1 Å². The third-order valence-electron chi connectivity index (χ3n) is 6.11. The van der Waals surface area contributed by atoms with Crippen molar-refractivity contribution in [3.05, 3.63) is 46.1 Å². The summed E-state index contributed by atoms with van der Waals surface area (Å²) in [5.74, 6) is -0.763. The SMILES string of the molecule is NC(=O)c1c(NC(=O)CCN2CCCN(c3ccc(F)cc3)CC2)sc2c1CCCC2. The van der Waals surface area contributed by atoms with Crippen LogP contribution in [0.2, 0.25) is 0 Å². The first kappa shape index (κ1) is 21.8. The third-order valence-corrected chi connectivity index (χ3v) is 7.31. The standard InChI is InChI=1S/C23H29FN4O2S/c24-16-6-8-17(9-7-16)28-12-3-11-27(14-15-28)13-10-20(29)26-23-21(22(25)30)18-4-1-2-5-19(18)31-23/h6-9H,1-5,10-15H2,(H2,25,30)(H,26,29). The van der Waals surface area contributed by atoms with Gasteiger partial charge < -0.3 is 20.9 Å². The molecule has 31 heavy (non-hydrogen) atoms. The third kappa shape index (κ3) is 5.25. The first-order valence-electron chi connectivity index (χ1n) is 11.0. The molecule has 0 bridgehead atoms. The predicted molar refractivity (Wildman–Crippen MR) is 122 cm³/mol. The van der Waals surface area contributed by atoms with Crippen LogP contribution in [0.5, 0.6) is 0 Å². The van der Waals surface area contributed by atoms with Gasteiger partial charge in [-0.1, -0.05) is 0 Å². The Balaban J connectivity index is 1.31. The van der Waals surface area contributed by atoms with Crippen molar-refractivity contribution in [2.24, 2.45) is 5.73 Å². The molecule has 1 aromatic heterocycles. The largest absolute Gasteiger partial charge is 0.370 e. The fourth-order valence-electron chi connectivity index (χ4n) is 4.47. The second-order valence-corrected chi connectivity index (χ2v) is 9.34. The fourth-order valence-corrected chi connectivity index (χ4v) is 5.78. The van der Waals surface area contributed by atoms with E-state index in [4.69, 9.17) is 5.73 Å². The van der Waals surface area contributed by atoms with Crippen molar-refractivity contribution in [3.63, 3.8) is 0 Å². The Morgan fingerprint density at radius 1 is 1.03 bits per heavy atom. The molecule has 0 radical (unpaired) electrons. The second kappa shape index (κ2) is 9.78. The van der Waals surface area contributed by atoms with Crippen molar-refractivity contribution in [1.82, 2.24) is 4.90 Å². The molecule has 3 N–H and O–H groups in total. The fraction of sp³-hybridized carbons (Fsp3) is 0.478. The number of anilines is 2. The van der Waals surface area contributed by atoms with Crippen molar-refractivity contribution in [1.29, 1.82) is 0 Å². The molecule has 1 aliphatic carbocycles. The highest BCUT2D eigenvalue weighted by Gasteiger charge is 2.25. The summed E-state index contributed by atoms with van der Waals surface area (Å²) >= 11 is 1.50. The minimum Gasteiger partial charge on any atom is -0.370 e. The molecule has 2 aromatic rings. The second-order valence-electron chi connectivity index (χ2n) is 8.24. The van der Waals surface area contributed by atoms with Gasteiger partial charge in [0.25, 0.3) is 5.91 Å². The minimum atomic E-state index is -0.455. The summed E-state index contributed by atoms with van der Waals surface area (Å²) in [4.78, 5) is 30.3. The number of thiophene rings is 1. The number of carbonyl (C=O) groups excluding carboxylic acids is 2. The van der Waals surface area contributed by atoms with Gasteiger partial charge in [0.15, 0.2) is 0 Å². The molecule has 8 heteroatoms. The van der Waals surface area contributed by atoms with Crippen LogP contribution in [-0.2, 0) is 17.6 Å². The number of aryl methyl sites for hydroxylation is 1. The molecule has 1 aromatic carbocycles. The van der Waals surface area contributed by atoms with Gasteiger partial charge >= 0.3 is 0 Å². The van der Waals surface area contributed by atoms with Crippen LogP contribution in [0.15, 0.2) is 24.3 Å². The molecule has 6 nitrogen and oxygen atoms in total. The highest BCUT2D eigenvalue weighted by molar-refractivity contribution is 7.17. The summed E-state index contributed by atoms with van der Waals surface area (Å²) < 4.78 is 13.2. The Labute approximate surface area is 186 Å². The molecule has 0 atom stereocenters. The number of nitrogens with two attached hydrogens (primary N) is 1. The Bertz CT molecular complexity index is 944. The maximum Gasteiger partial charge on any atom is 0.251 e. The van der Waals surface area contributed by atoms with E-state index in [0.717, 1.165) is 69.5 Å². The van der Waals surface area contributed by atoms with Gasteiger partial charge in [0.2, 0.25) is 5.91 Å². The lowest BCUT2D eigenvalue weighted by Gasteiger charge is -2.23. The number of carbonyl (C=O) groups is 2. The Morgan fingerprint density at radius 3 is 2.58 bits per heavy atom. The number of nitrogens with zero attached hydrogens (tertiary/aromatic N) is 2. The molecule has 4 rings (SSSR count). The van der Waals surface area contributed by atoms with Gasteiger partial charge in [0, 0.05) is 43.2 Å². The van der Waals surface area contributed by atoms with Crippen LogP contribution in [0.3, 0.4) is 0 Å². The number of primary amides is 1. The summed E-state index contributed by atoms with van der Waals surface area (Å²) in [7, 11) is 0. The lowest BCUT2D eigenvalue weighted by atomic mass is 9.95. The van der Waals surface area contributed by atoms with Crippen molar-refractivity contribution >= 4 is 33.8 Å². The summed E-state index contributed by atoms with van der Waals surface area (Å²) in [5.41, 5.74) is 8.19. The summed E-state index contributed by atoms with van der Waals surface area (Å²) in [6.07, 6.45) is 5.34. The highest BCUT2D eigenvalue weighted by atomic mass is 32.1. The van der Waals surface area contributed by atoms with Crippen LogP contribution in [0.25, 0.3) is 0 Å². The van der Waals surface area contributed by atoms with E-state index >= 15 is 0 Å². The van der Waals surface area contributed by atoms with E-state index in [1.54, 1.807) is 0 Å². The zero-order valence-electron chi connectivity index (χ0n) is 17.7. The van der Waals surface area contributed by atoms with Gasteiger partial charge in [-0.05, 0) is 68.5 Å². The first-order valence-corrected chi connectivity index (χ1v) is 11.8. The van der Waals surface area contributed by atoms with Crippen LogP contribution in [0.1, 0.15) is 46.5 Å². The van der Waals surface area contributed by atoms with Crippen LogP contribution >= 0.6 is 11.3 Å². The van der Waals surface area contributed by atoms with Crippen molar-refractivity contribution in [2.75, 3.05) is 42.9 Å². The van der Waals surface area contributed by atoms with Crippen molar-refractivity contribution in [2.45, 2.75) is 38.5 Å². The van der Waals surface area contributed by atoms with Crippen LogP contribution < -0.4 is 16.0 Å². The van der Waals surface area contributed by atoms with Gasteiger partial charge in [0.1, 0.15) is 10.8 Å². The molecular formula is C23H29FN4O2S. The quantitative estimate of drug-likeness (QED) is 0.716. The van der Waals surface area contributed by atoms with Gasteiger partial charge in [-0.15, -0.1) is 11.3 Å². The van der Waals surface area contributed by atoms with E-state index in [2.05, 4.69) is 15.1 Å². The molecule has 1 saturated heterocycles. The van der Waals surface area contributed by atoms with E-state index in [0.29, 0.717) is 23.5 Å². The van der Waals surface area contributed by atoms with E-state index in [1.807, 2.05) is 12.1 Å². The lowest BCUT2D eigenvalue weighted by Crippen LogP contribution is -2.32. The molecule has 2 heterocycles. The number of benzene rings is 1. The number of rotatable bonds is 6. The molecule has 0 saturated carbocycles. The van der Waals surface area contributed by atoms with E-state index in [1.165, 1.54) is 28.3 Å². The monoisotopic (exact) mass is 444 g/mol. The molecule has 2 amide bonds. The summed E-state index contributed by atoms with van der Waals surface area (Å²) in [5, 5.41) is 3.56. The Kier molecular flexibility index (Phi) is 6.87. The zero-order chi connectivity index (χ0) is 21.8. The average molecular weight is 445 g/mol. The zero-order valence-corrected chi connectivity index (χ0v) is 18.5. The number of fused-ring (bicyclic) bond motifs is 1. The van der Waals surface area contributed by atoms with Crippen LogP contribution in [-0.4, -0.2) is 49.4 Å². The molecule has 2 aliphatic rings.